The summed E-state index contributed by atoms with van der Waals surface area (Å²) in [6.07, 6.45) is -1.92. The van der Waals surface area contributed by atoms with Gasteiger partial charge in [-0.2, -0.15) is 0 Å². The van der Waals surface area contributed by atoms with Crippen LogP contribution in [0.5, 0.6) is 0 Å². The molecule has 1 saturated heterocycles. The highest BCUT2D eigenvalue weighted by Crippen LogP contribution is 2.23. The SMILES string of the molecule is COC1COC(OC)C(OC(C)=O)C1OC. The second-order valence-electron chi connectivity index (χ2n) is 3.49. The second kappa shape index (κ2) is 6.15. The molecule has 6 heteroatoms. The summed E-state index contributed by atoms with van der Waals surface area (Å²) in [6, 6.07) is 0. The predicted molar refractivity (Wildman–Crippen MR) is 53.9 cm³/mol. The van der Waals surface area contributed by atoms with Crippen LogP contribution in [0.3, 0.4) is 0 Å². The van der Waals surface area contributed by atoms with Crippen LogP contribution in [0.2, 0.25) is 0 Å². The van der Waals surface area contributed by atoms with E-state index in [-0.39, 0.29) is 6.10 Å². The number of rotatable bonds is 4. The summed E-state index contributed by atoms with van der Waals surface area (Å²) in [6.45, 7) is 1.67. The molecule has 0 radical (unpaired) electrons. The Hall–Kier alpha value is -0.690. The molecule has 0 bridgehead atoms. The maximum atomic E-state index is 11.0. The van der Waals surface area contributed by atoms with Gasteiger partial charge in [0.05, 0.1) is 6.61 Å². The fraction of sp³-hybridized carbons (Fsp3) is 0.900. The topological polar surface area (TPSA) is 63.2 Å². The summed E-state index contributed by atoms with van der Waals surface area (Å²) in [4.78, 5) is 11.0. The van der Waals surface area contributed by atoms with E-state index >= 15 is 0 Å². The zero-order valence-electron chi connectivity index (χ0n) is 9.97. The molecule has 0 spiro atoms. The van der Waals surface area contributed by atoms with E-state index in [2.05, 4.69) is 0 Å². The Kier molecular flexibility index (Phi) is 5.14. The van der Waals surface area contributed by atoms with Crippen LogP contribution in [0.15, 0.2) is 0 Å². The Morgan fingerprint density at radius 3 is 2.25 bits per heavy atom. The fourth-order valence-electron chi connectivity index (χ4n) is 1.75. The number of carbonyl (C=O) groups is 1. The lowest BCUT2D eigenvalue weighted by molar-refractivity contribution is -0.275. The van der Waals surface area contributed by atoms with Crippen molar-refractivity contribution in [1.29, 1.82) is 0 Å². The van der Waals surface area contributed by atoms with Gasteiger partial charge in [-0.05, 0) is 0 Å². The molecule has 0 saturated carbocycles. The molecule has 1 rings (SSSR count). The van der Waals surface area contributed by atoms with Gasteiger partial charge in [-0.3, -0.25) is 4.79 Å². The van der Waals surface area contributed by atoms with E-state index in [1.54, 1.807) is 7.11 Å². The summed E-state index contributed by atoms with van der Waals surface area (Å²) >= 11 is 0. The third kappa shape index (κ3) is 2.91. The van der Waals surface area contributed by atoms with E-state index in [9.17, 15) is 4.79 Å². The van der Waals surface area contributed by atoms with Crippen molar-refractivity contribution in [3.8, 4) is 0 Å². The molecule has 0 aromatic rings. The van der Waals surface area contributed by atoms with Gasteiger partial charge in [-0.15, -0.1) is 0 Å². The smallest absolute Gasteiger partial charge is 0.303 e. The van der Waals surface area contributed by atoms with Crippen LogP contribution in [-0.4, -0.2) is 58.5 Å². The van der Waals surface area contributed by atoms with Gasteiger partial charge in [0.1, 0.15) is 12.2 Å². The van der Waals surface area contributed by atoms with Crippen LogP contribution in [0.4, 0.5) is 0 Å². The van der Waals surface area contributed by atoms with E-state index in [0.717, 1.165) is 0 Å². The molecule has 0 aliphatic carbocycles. The molecule has 0 aromatic heterocycles. The molecular weight excluding hydrogens is 216 g/mol. The van der Waals surface area contributed by atoms with Crippen molar-refractivity contribution in [2.45, 2.75) is 31.5 Å². The number of esters is 1. The van der Waals surface area contributed by atoms with Gasteiger partial charge in [0.2, 0.25) is 0 Å². The monoisotopic (exact) mass is 234 g/mol. The first-order valence-electron chi connectivity index (χ1n) is 5.01. The molecule has 6 nitrogen and oxygen atoms in total. The highest BCUT2D eigenvalue weighted by molar-refractivity contribution is 5.66. The Labute approximate surface area is 94.7 Å². The average molecular weight is 234 g/mol. The van der Waals surface area contributed by atoms with Crippen molar-refractivity contribution in [3.05, 3.63) is 0 Å². The quantitative estimate of drug-likeness (QED) is 0.635. The Morgan fingerprint density at radius 1 is 1.12 bits per heavy atom. The molecule has 0 N–H and O–H groups in total. The molecule has 94 valence electrons. The third-order valence-corrected chi connectivity index (χ3v) is 2.49. The minimum Gasteiger partial charge on any atom is -0.454 e. The van der Waals surface area contributed by atoms with Crippen LogP contribution in [0, 0.1) is 0 Å². The first-order chi connectivity index (χ1) is 7.63. The third-order valence-electron chi connectivity index (χ3n) is 2.49. The van der Waals surface area contributed by atoms with Crippen molar-refractivity contribution in [3.63, 3.8) is 0 Å². The van der Waals surface area contributed by atoms with Crippen LogP contribution >= 0.6 is 0 Å². The number of carbonyl (C=O) groups excluding carboxylic acids is 1. The summed E-state index contributed by atoms with van der Waals surface area (Å²) < 4.78 is 26.1. The summed E-state index contributed by atoms with van der Waals surface area (Å²) in [5, 5.41) is 0. The molecule has 4 unspecified atom stereocenters. The lowest BCUT2D eigenvalue weighted by Crippen LogP contribution is -2.56. The first kappa shape index (κ1) is 13.4. The lowest BCUT2D eigenvalue weighted by Gasteiger charge is -2.39. The van der Waals surface area contributed by atoms with Crippen molar-refractivity contribution in [1.82, 2.24) is 0 Å². The summed E-state index contributed by atoms with van der Waals surface area (Å²) in [7, 11) is 4.57. The van der Waals surface area contributed by atoms with Gasteiger partial charge in [-0.1, -0.05) is 0 Å². The summed E-state index contributed by atoms with van der Waals surface area (Å²) in [5.41, 5.74) is 0. The molecule has 4 atom stereocenters. The normalized spacial score (nSPS) is 34.8. The first-order valence-corrected chi connectivity index (χ1v) is 5.01. The molecule has 1 aliphatic rings. The molecule has 16 heavy (non-hydrogen) atoms. The highest BCUT2D eigenvalue weighted by Gasteiger charge is 2.43. The van der Waals surface area contributed by atoms with E-state index in [4.69, 9.17) is 23.7 Å². The van der Waals surface area contributed by atoms with E-state index in [1.165, 1.54) is 21.1 Å². The maximum absolute atomic E-state index is 11.0. The maximum Gasteiger partial charge on any atom is 0.303 e. The van der Waals surface area contributed by atoms with Crippen LogP contribution in [0.25, 0.3) is 0 Å². The predicted octanol–water partition coefficient (Wildman–Crippen LogP) is -0.0492. The van der Waals surface area contributed by atoms with Gasteiger partial charge in [-0.25, -0.2) is 0 Å². The van der Waals surface area contributed by atoms with Crippen LogP contribution in [-0.2, 0) is 28.5 Å². The molecule has 1 heterocycles. The zero-order valence-corrected chi connectivity index (χ0v) is 9.97. The van der Waals surface area contributed by atoms with Gasteiger partial charge in [0.25, 0.3) is 0 Å². The Morgan fingerprint density at radius 2 is 1.81 bits per heavy atom. The average Bonchev–Trinajstić information content (AvgIpc) is 2.27. The van der Waals surface area contributed by atoms with E-state index < -0.39 is 24.5 Å². The van der Waals surface area contributed by atoms with E-state index in [1.807, 2.05) is 0 Å². The number of methoxy groups -OCH3 is 3. The molecular formula is C10H18O6. The standard InChI is InChI=1S/C10H18O6/c1-6(11)16-9-8(13-3)7(12-2)5-15-10(9)14-4/h7-10H,5H2,1-4H3. The lowest BCUT2D eigenvalue weighted by atomic mass is 10.0. The summed E-state index contributed by atoms with van der Waals surface area (Å²) in [5.74, 6) is -0.408. The largest absolute Gasteiger partial charge is 0.454 e. The Balaban J connectivity index is 2.77. The van der Waals surface area contributed by atoms with E-state index in [0.29, 0.717) is 6.61 Å². The van der Waals surface area contributed by atoms with Crippen LogP contribution in [0.1, 0.15) is 6.92 Å². The van der Waals surface area contributed by atoms with Gasteiger partial charge in [0.15, 0.2) is 12.4 Å². The minimum absolute atomic E-state index is 0.277. The van der Waals surface area contributed by atoms with Crippen LogP contribution < -0.4 is 0 Å². The van der Waals surface area contributed by atoms with Gasteiger partial charge >= 0.3 is 5.97 Å². The molecule has 0 amide bonds. The number of hydrogen-bond acceptors (Lipinski definition) is 6. The number of ether oxygens (including phenoxy) is 5. The molecule has 1 fully saturated rings. The number of hydrogen-bond donors (Lipinski definition) is 0. The van der Waals surface area contributed by atoms with Gasteiger partial charge < -0.3 is 23.7 Å². The fourth-order valence-corrected chi connectivity index (χ4v) is 1.75. The highest BCUT2D eigenvalue weighted by atomic mass is 16.7. The van der Waals surface area contributed by atoms with Crippen molar-refractivity contribution >= 4 is 5.97 Å². The van der Waals surface area contributed by atoms with Gasteiger partial charge in [0, 0.05) is 28.3 Å². The van der Waals surface area contributed by atoms with Crippen molar-refractivity contribution in [2.75, 3.05) is 27.9 Å². The Bertz CT molecular complexity index is 231. The molecule has 1 aliphatic heterocycles. The molecule has 0 aromatic carbocycles. The minimum atomic E-state index is -0.625. The van der Waals surface area contributed by atoms with Crippen molar-refractivity contribution < 1.29 is 28.5 Å². The zero-order chi connectivity index (χ0) is 12.1. The second-order valence-corrected chi connectivity index (χ2v) is 3.49. The van der Waals surface area contributed by atoms with Crippen molar-refractivity contribution in [2.24, 2.45) is 0 Å².